The van der Waals surface area contributed by atoms with Crippen LogP contribution in [0.2, 0.25) is 0 Å². The van der Waals surface area contributed by atoms with E-state index < -0.39 is 0 Å². The maximum Gasteiger partial charge on any atom is 0.132 e. The molecule has 0 radical (unpaired) electrons. The molecule has 0 spiro atoms. The molecule has 2 aliphatic heterocycles. The number of likely N-dealkylation sites (tertiary alicyclic amines) is 1. The van der Waals surface area contributed by atoms with Crippen molar-refractivity contribution in [2.45, 2.75) is 45.7 Å². The lowest BCUT2D eigenvalue weighted by Crippen LogP contribution is -2.45. The highest BCUT2D eigenvalue weighted by Gasteiger charge is 2.41. The van der Waals surface area contributed by atoms with Gasteiger partial charge in [-0.2, -0.15) is 0 Å². The van der Waals surface area contributed by atoms with E-state index in [4.69, 9.17) is 4.98 Å². The molecular weight excluding hydrogens is 236 g/mol. The van der Waals surface area contributed by atoms with E-state index in [2.05, 4.69) is 48.7 Å². The normalized spacial score (nSPS) is 27.3. The summed E-state index contributed by atoms with van der Waals surface area (Å²) in [5.74, 6) is 2.09. The van der Waals surface area contributed by atoms with Crippen LogP contribution in [-0.4, -0.2) is 47.1 Å². The Morgan fingerprint density at radius 2 is 2.05 bits per heavy atom. The van der Waals surface area contributed by atoms with Crippen LogP contribution in [0, 0.1) is 5.41 Å². The quantitative estimate of drug-likeness (QED) is 0.813. The highest BCUT2D eigenvalue weighted by atomic mass is 15.4. The zero-order valence-corrected chi connectivity index (χ0v) is 12.4. The molecule has 2 bridgehead atoms. The highest BCUT2D eigenvalue weighted by molar-refractivity contribution is 5.42. The molecule has 0 unspecified atom stereocenters. The second-order valence-electron chi connectivity index (χ2n) is 7.20. The van der Waals surface area contributed by atoms with Gasteiger partial charge in [-0.15, -0.1) is 0 Å². The predicted octanol–water partition coefficient (Wildman–Crippen LogP) is 1.96. The fraction of sp³-hybridized carbons (Fsp3) is 0.733. The Balaban J connectivity index is 1.77. The summed E-state index contributed by atoms with van der Waals surface area (Å²) in [6.45, 7) is 8.98. The van der Waals surface area contributed by atoms with Crippen molar-refractivity contribution < 1.29 is 0 Å². The topological polar surface area (TPSA) is 32.3 Å². The van der Waals surface area contributed by atoms with Gasteiger partial charge in [0, 0.05) is 37.8 Å². The summed E-state index contributed by atoms with van der Waals surface area (Å²) in [6.07, 6.45) is 4.14. The molecule has 3 heterocycles. The zero-order valence-electron chi connectivity index (χ0n) is 12.4. The minimum absolute atomic E-state index is 0.239. The van der Waals surface area contributed by atoms with Gasteiger partial charge in [-0.3, -0.25) is 4.90 Å². The largest absolute Gasteiger partial charge is 0.351 e. The van der Waals surface area contributed by atoms with E-state index in [0.717, 1.165) is 24.6 Å². The highest BCUT2D eigenvalue weighted by Crippen LogP contribution is 2.32. The number of fused-ring (bicyclic) bond motifs is 2. The van der Waals surface area contributed by atoms with Crippen LogP contribution in [0.1, 0.15) is 33.0 Å². The van der Waals surface area contributed by atoms with Gasteiger partial charge < -0.3 is 4.90 Å². The number of hydrogen-bond donors (Lipinski definition) is 0. The number of aromatic nitrogens is 2. The third kappa shape index (κ3) is 2.59. The van der Waals surface area contributed by atoms with Gasteiger partial charge in [-0.05, 0) is 24.9 Å². The molecule has 1 aromatic rings. The molecule has 3 rings (SSSR count). The number of piperazine rings is 1. The average molecular weight is 260 g/mol. The van der Waals surface area contributed by atoms with E-state index in [1.54, 1.807) is 0 Å². The van der Waals surface area contributed by atoms with E-state index in [1.165, 1.54) is 13.0 Å². The third-order valence-electron chi connectivity index (χ3n) is 4.19. The molecule has 2 saturated heterocycles. The minimum Gasteiger partial charge on any atom is -0.351 e. The van der Waals surface area contributed by atoms with Crippen molar-refractivity contribution in [3.05, 3.63) is 18.1 Å². The summed E-state index contributed by atoms with van der Waals surface area (Å²) in [4.78, 5) is 14.1. The van der Waals surface area contributed by atoms with Crippen molar-refractivity contribution in [2.24, 2.45) is 5.41 Å². The first kappa shape index (κ1) is 12.9. The lowest BCUT2D eigenvalue weighted by molar-refractivity contribution is 0.292. The predicted molar refractivity (Wildman–Crippen MR) is 77.4 cm³/mol. The Hall–Kier alpha value is -1.16. The maximum absolute atomic E-state index is 4.78. The fourth-order valence-electron chi connectivity index (χ4n) is 3.25. The first-order valence-corrected chi connectivity index (χ1v) is 7.21. The van der Waals surface area contributed by atoms with Crippen LogP contribution >= 0.6 is 0 Å². The molecular formula is C15H24N4. The Morgan fingerprint density at radius 1 is 1.26 bits per heavy atom. The summed E-state index contributed by atoms with van der Waals surface area (Å²) in [6, 6.07) is 3.42. The molecule has 4 nitrogen and oxygen atoms in total. The van der Waals surface area contributed by atoms with Crippen LogP contribution in [0.5, 0.6) is 0 Å². The summed E-state index contributed by atoms with van der Waals surface area (Å²) in [7, 11) is 2.23. The number of anilines is 1. The molecule has 0 amide bonds. The molecule has 1 aromatic heterocycles. The van der Waals surface area contributed by atoms with Crippen molar-refractivity contribution in [1.82, 2.24) is 14.9 Å². The van der Waals surface area contributed by atoms with Crippen molar-refractivity contribution >= 4 is 5.82 Å². The smallest absolute Gasteiger partial charge is 0.132 e. The van der Waals surface area contributed by atoms with Gasteiger partial charge in [0.15, 0.2) is 0 Å². The van der Waals surface area contributed by atoms with E-state index >= 15 is 0 Å². The molecule has 4 heteroatoms. The monoisotopic (exact) mass is 260 g/mol. The number of likely N-dealkylation sites (N-methyl/N-ethyl adjacent to an activating group) is 1. The van der Waals surface area contributed by atoms with Gasteiger partial charge in [0.2, 0.25) is 0 Å². The molecule has 0 aliphatic carbocycles. The van der Waals surface area contributed by atoms with Crippen LogP contribution in [0.15, 0.2) is 12.3 Å². The van der Waals surface area contributed by atoms with E-state index in [1.807, 2.05) is 6.20 Å². The van der Waals surface area contributed by atoms with Gasteiger partial charge in [-0.1, -0.05) is 20.8 Å². The SMILES string of the molecule is CN1C[C@@H]2C[C@H]1CN2c1ccnc(CC(C)(C)C)n1. The minimum atomic E-state index is 0.239. The van der Waals surface area contributed by atoms with Crippen LogP contribution in [0.25, 0.3) is 0 Å². The molecule has 19 heavy (non-hydrogen) atoms. The molecule has 0 N–H and O–H groups in total. The van der Waals surface area contributed by atoms with Gasteiger partial charge >= 0.3 is 0 Å². The molecule has 2 fully saturated rings. The number of nitrogens with zero attached hydrogens (tertiary/aromatic N) is 4. The number of hydrogen-bond acceptors (Lipinski definition) is 4. The maximum atomic E-state index is 4.78. The van der Waals surface area contributed by atoms with Gasteiger partial charge in [0.1, 0.15) is 11.6 Å². The van der Waals surface area contributed by atoms with Crippen LogP contribution in [-0.2, 0) is 6.42 Å². The third-order valence-corrected chi connectivity index (χ3v) is 4.19. The summed E-state index contributed by atoms with van der Waals surface area (Å²) < 4.78 is 0. The lowest BCUT2D eigenvalue weighted by Gasteiger charge is -2.33. The van der Waals surface area contributed by atoms with Crippen LogP contribution < -0.4 is 4.90 Å². The Kier molecular flexibility index (Phi) is 3.01. The van der Waals surface area contributed by atoms with E-state index in [-0.39, 0.29) is 5.41 Å². The lowest BCUT2D eigenvalue weighted by atomic mass is 9.92. The van der Waals surface area contributed by atoms with Gasteiger partial charge in [0.25, 0.3) is 0 Å². The van der Waals surface area contributed by atoms with Crippen molar-refractivity contribution in [1.29, 1.82) is 0 Å². The Morgan fingerprint density at radius 3 is 2.63 bits per heavy atom. The van der Waals surface area contributed by atoms with Crippen molar-refractivity contribution in [3.63, 3.8) is 0 Å². The van der Waals surface area contributed by atoms with E-state index in [9.17, 15) is 0 Å². The second kappa shape index (κ2) is 4.44. The molecule has 0 aromatic carbocycles. The molecule has 104 valence electrons. The molecule has 0 saturated carbocycles. The van der Waals surface area contributed by atoms with Gasteiger partial charge in [0.05, 0.1) is 0 Å². The second-order valence-corrected chi connectivity index (χ2v) is 7.20. The fourth-order valence-corrected chi connectivity index (χ4v) is 3.25. The first-order chi connectivity index (χ1) is 8.92. The summed E-state index contributed by atoms with van der Waals surface area (Å²) in [5, 5.41) is 0. The van der Waals surface area contributed by atoms with Crippen LogP contribution in [0.4, 0.5) is 5.82 Å². The summed E-state index contributed by atoms with van der Waals surface area (Å²) in [5.41, 5.74) is 0.239. The average Bonchev–Trinajstić information content (AvgIpc) is 2.85. The van der Waals surface area contributed by atoms with Gasteiger partial charge in [-0.25, -0.2) is 9.97 Å². The Bertz CT molecular complexity index is 463. The molecule has 2 atom stereocenters. The first-order valence-electron chi connectivity index (χ1n) is 7.21. The standard InChI is InChI=1S/C15H24N4/c1-15(2,3)8-13-16-6-5-14(17-13)19-10-11-7-12(19)9-18(11)4/h5-6,11-12H,7-10H2,1-4H3/t11-,12-/m0/s1. The Labute approximate surface area is 115 Å². The summed E-state index contributed by atoms with van der Waals surface area (Å²) >= 11 is 0. The van der Waals surface area contributed by atoms with Crippen molar-refractivity contribution in [3.8, 4) is 0 Å². The van der Waals surface area contributed by atoms with Crippen LogP contribution in [0.3, 0.4) is 0 Å². The zero-order chi connectivity index (χ0) is 13.6. The van der Waals surface area contributed by atoms with Crippen molar-refractivity contribution in [2.75, 3.05) is 25.0 Å². The van der Waals surface area contributed by atoms with E-state index in [0.29, 0.717) is 12.1 Å². The molecule has 2 aliphatic rings. The number of rotatable bonds is 2.